The highest BCUT2D eigenvalue weighted by atomic mass is 32.1. The van der Waals surface area contributed by atoms with Crippen molar-refractivity contribution in [3.05, 3.63) is 119 Å². The van der Waals surface area contributed by atoms with Crippen molar-refractivity contribution in [3.8, 4) is 0 Å². The van der Waals surface area contributed by atoms with Crippen LogP contribution in [0.4, 0.5) is 0 Å². The van der Waals surface area contributed by atoms with Crippen LogP contribution in [0, 0.1) is 0 Å². The smallest absolute Gasteiger partial charge is 0.0975 e. The molecule has 0 radical (unpaired) electrons. The highest BCUT2D eigenvalue weighted by Crippen LogP contribution is 2.44. The van der Waals surface area contributed by atoms with Gasteiger partial charge in [0.2, 0.25) is 0 Å². The van der Waals surface area contributed by atoms with Crippen LogP contribution in [0.1, 0.15) is 23.1 Å². The Balaban J connectivity index is 1.97. The SMILES string of the molecule is OCC=C1CN(C(c2ccccc2)(c2ccccc2)c2ccccc2)CCC1S. The van der Waals surface area contributed by atoms with Crippen LogP contribution in [-0.2, 0) is 5.54 Å². The fourth-order valence-electron chi connectivity index (χ4n) is 4.56. The summed E-state index contributed by atoms with van der Waals surface area (Å²) in [5.41, 5.74) is 4.52. The second-order valence-corrected chi connectivity index (χ2v) is 8.12. The second kappa shape index (κ2) is 9.00. The molecule has 2 nitrogen and oxygen atoms in total. The second-order valence-electron chi connectivity index (χ2n) is 7.50. The molecule has 1 aliphatic heterocycles. The van der Waals surface area contributed by atoms with E-state index in [1.54, 1.807) is 0 Å². The summed E-state index contributed by atoms with van der Waals surface area (Å²) >= 11 is 4.78. The summed E-state index contributed by atoms with van der Waals surface area (Å²) < 4.78 is 0. The van der Waals surface area contributed by atoms with Gasteiger partial charge in [0.25, 0.3) is 0 Å². The van der Waals surface area contributed by atoms with E-state index < -0.39 is 5.54 Å². The molecule has 1 unspecified atom stereocenters. The van der Waals surface area contributed by atoms with Crippen molar-refractivity contribution in [2.75, 3.05) is 19.7 Å². The molecule has 0 aromatic heterocycles. The van der Waals surface area contributed by atoms with Crippen LogP contribution in [0.25, 0.3) is 0 Å². The standard InChI is InChI=1S/C26H27NOS/c28-19-17-21-20-27(18-16-25(21)29)26(22-10-4-1-5-11-22,23-12-6-2-7-13-23)24-14-8-3-9-15-24/h1-15,17,25,28-29H,16,18-20H2. The molecule has 1 atom stereocenters. The zero-order valence-electron chi connectivity index (χ0n) is 16.5. The molecule has 0 amide bonds. The van der Waals surface area contributed by atoms with Gasteiger partial charge in [-0.05, 0) is 28.7 Å². The Hall–Kier alpha value is -2.33. The predicted octanol–water partition coefficient (Wildman–Crippen LogP) is 4.90. The van der Waals surface area contributed by atoms with E-state index in [1.807, 2.05) is 6.08 Å². The molecule has 1 saturated heterocycles. The lowest BCUT2D eigenvalue weighted by molar-refractivity contribution is 0.153. The van der Waals surface area contributed by atoms with Gasteiger partial charge in [-0.3, -0.25) is 4.90 Å². The maximum Gasteiger partial charge on any atom is 0.0975 e. The molecule has 3 heteroatoms. The van der Waals surface area contributed by atoms with E-state index >= 15 is 0 Å². The lowest BCUT2D eigenvalue weighted by Gasteiger charge is -2.48. The van der Waals surface area contributed by atoms with E-state index in [1.165, 1.54) is 22.3 Å². The van der Waals surface area contributed by atoms with Gasteiger partial charge in [-0.15, -0.1) is 0 Å². The first-order valence-corrected chi connectivity index (χ1v) is 10.7. The normalized spacial score (nSPS) is 19.4. The van der Waals surface area contributed by atoms with Crippen LogP contribution in [-0.4, -0.2) is 35.0 Å². The van der Waals surface area contributed by atoms with E-state index in [9.17, 15) is 5.11 Å². The minimum atomic E-state index is -0.410. The van der Waals surface area contributed by atoms with E-state index in [2.05, 4.69) is 95.9 Å². The Morgan fingerprint density at radius 3 is 1.69 bits per heavy atom. The van der Waals surface area contributed by atoms with Crippen molar-refractivity contribution in [1.82, 2.24) is 4.90 Å². The number of aliphatic hydroxyl groups is 1. The third kappa shape index (κ3) is 3.78. The molecule has 0 spiro atoms. The molecule has 0 aliphatic carbocycles. The number of likely N-dealkylation sites (tertiary alicyclic amines) is 1. The van der Waals surface area contributed by atoms with Gasteiger partial charge in [0.05, 0.1) is 12.1 Å². The molecule has 1 N–H and O–H groups in total. The van der Waals surface area contributed by atoms with Gasteiger partial charge in [0.15, 0.2) is 0 Å². The van der Waals surface area contributed by atoms with Crippen molar-refractivity contribution < 1.29 is 5.11 Å². The fraction of sp³-hybridized carbons (Fsp3) is 0.231. The number of rotatable bonds is 5. The van der Waals surface area contributed by atoms with Gasteiger partial charge in [-0.2, -0.15) is 12.6 Å². The highest BCUT2D eigenvalue weighted by molar-refractivity contribution is 7.81. The Labute approximate surface area is 178 Å². The highest BCUT2D eigenvalue weighted by Gasteiger charge is 2.43. The van der Waals surface area contributed by atoms with E-state index in [0.717, 1.165) is 19.5 Å². The van der Waals surface area contributed by atoms with Gasteiger partial charge in [-0.1, -0.05) is 97.1 Å². The quantitative estimate of drug-likeness (QED) is 0.361. The average molecular weight is 402 g/mol. The summed E-state index contributed by atoms with van der Waals surface area (Å²) in [6.45, 7) is 1.75. The number of thiol groups is 1. The van der Waals surface area contributed by atoms with Crippen LogP contribution in [0.15, 0.2) is 103 Å². The average Bonchev–Trinajstić information content (AvgIpc) is 2.79. The number of benzene rings is 3. The zero-order chi connectivity index (χ0) is 20.1. The molecule has 1 heterocycles. The Kier molecular flexibility index (Phi) is 6.19. The van der Waals surface area contributed by atoms with E-state index in [-0.39, 0.29) is 11.9 Å². The van der Waals surface area contributed by atoms with Crippen LogP contribution in [0.3, 0.4) is 0 Å². The Morgan fingerprint density at radius 2 is 1.28 bits per heavy atom. The van der Waals surface area contributed by atoms with Gasteiger partial charge in [0, 0.05) is 18.3 Å². The maximum atomic E-state index is 9.55. The lowest BCUT2D eigenvalue weighted by atomic mass is 9.74. The largest absolute Gasteiger partial charge is 0.392 e. The van der Waals surface area contributed by atoms with Crippen LogP contribution >= 0.6 is 12.6 Å². The summed E-state index contributed by atoms with van der Waals surface area (Å²) in [7, 11) is 0. The number of aliphatic hydroxyl groups excluding tert-OH is 1. The molecule has 1 fully saturated rings. The summed E-state index contributed by atoms with van der Waals surface area (Å²) in [5.74, 6) is 0. The minimum Gasteiger partial charge on any atom is -0.392 e. The number of hydrogen-bond donors (Lipinski definition) is 2. The third-order valence-electron chi connectivity index (χ3n) is 5.88. The molecule has 29 heavy (non-hydrogen) atoms. The first-order valence-electron chi connectivity index (χ1n) is 10.2. The number of nitrogens with zero attached hydrogens (tertiary/aromatic N) is 1. The summed E-state index contributed by atoms with van der Waals surface area (Å²) in [4.78, 5) is 2.54. The maximum absolute atomic E-state index is 9.55. The topological polar surface area (TPSA) is 23.5 Å². The lowest BCUT2D eigenvalue weighted by Crippen LogP contribution is -2.52. The van der Waals surface area contributed by atoms with E-state index in [4.69, 9.17) is 12.6 Å². The monoisotopic (exact) mass is 401 g/mol. The summed E-state index contributed by atoms with van der Waals surface area (Å²) in [5, 5.41) is 9.74. The van der Waals surface area contributed by atoms with Crippen molar-refractivity contribution >= 4 is 12.6 Å². The molecule has 0 saturated carbocycles. The molecule has 1 aliphatic rings. The molecule has 0 bridgehead atoms. The first-order chi connectivity index (χ1) is 14.3. The van der Waals surface area contributed by atoms with Crippen molar-refractivity contribution in [2.45, 2.75) is 17.2 Å². The van der Waals surface area contributed by atoms with E-state index in [0.29, 0.717) is 0 Å². The fourth-order valence-corrected chi connectivity index (χ4v) is 4.86. The molecule has 148 valence electrons. The third-order valence-corrected chi connectivity index (χ3v) is 6.47. The summed E-state index contributed by atoms with van der Waals surface area (Å²) in [6, 6.07) is 32.3. The van der Waals surface area contributed by atoms with Crippen LogP contribution in [0.5, 0.6) is 0 Å². The molecule has 3 aromatic rings. The Bertz CT molecular complexity index is 844. The van der Waals surface area contributed by atoms with Gasteiger partial charge >= 0.3 is 0 Å². The van der Waals surface area contributed by atoms with Crippen molar-refractivity contribution in [3.63, 3.8) is 0 Å². The number of hydrogen-bond acceptors (Lipinski definition) is 3. The number of piperidine rings is 1. The van der Waals surface area contributed by atoms with Crippen molar-refractivity contribution in [2.24, 2.45) is 0 Å². The van der Waals surface area contributed by atoms with Gasteiger partial charge < -0.3 is 5.11 Å². The molecular formula is C26H27NOS. The van der Waals surface area contributed by atoms with Gasteiger partial charge in [-0.25, -0.2) is 0 Å². The van der Waals surface area contributed by atoms with Gasteiger partial charge in [0.1, 0.15) is 0 Å². The first kappa shape index (κ1) is 20.0. The summed E-state index contributed by atoms with van der Waals surface area (Å²) in [6.07, 6.45) is 2.87. The van der Waals surface area contributed by atoms with Crippen LogP contribution < -0.4 is 0 Å². The molecule has 3 aromatic carbocycles. The van der Waals surface area contributed by atoms with Crippen LogP contribution in [0.2, 0.25) is 0 Å². The minimum absolute atomic E-state index is 0.0508. The van der Waals surface area contributed by atoms with Crippen molar-refractivity contribution in [1.29, 1.82) is 0 Å². The molecular weight excluding hydrogens is 374 g/mol. The predicted molar refractivity (Wildman–Crippen MR) is 123 cm³/mol. The molecule has 4 rings (SSSR count). The zero-order valence-corrected chi connectivity index (χ0v) is 17.4. The Morgan fingerprint density at radius 1 is 0.828 bits per heavy atom.